The van der Waals surface area contributed by atoms with Crippen LogP contribution in [0.3, 0.4) is 0 Å². The van der Waals surface area contributed by atoms with Gasteiger partial charge in [0.2, 0.25) is 5.75 Å². The van der Waals surface area contributed by atoms with Gasteiger partial charge < -0.3 is 24.0 Å². The van der Waals surface area contributed by atoms with E-state index < -0.39 is 0 Å². The summed E-state index contributed by atoms with van der Waals surface area (Å²) in [5, 5.41) is 0.758. The fraction of sp³-hybridized carbons (Fsp3) is 0.381. The van der Waals surface area contributed by atoms with Crippen molar-refractivity contribution < 1.29 is 19.0 Å². The first-order valence-corrected chi connectivity index (χ1v) is 9.46. The molecule has 0 aliphatic carbocycles. The molecule has 28 heavy (non-hydrogen) atoms. The molecule has 1 amide bonds. The molecule has 0 saturated carbocycles. The third-order valence-electron chi connectivity index (χ3n) is 5.00. The highest BCUT2D eigenvalue weighted by Gasteiger charge is 2.25. The van der Waals surface area contributed by atoms with Crippen molar-refractivity contribution in [3.63, 3.8) is 0 Å². The van der Waals surface area contributed by atoms with E-state index >= 15 is 0 Å². The zero-order valence-corrected chi connectivity index (χ0v) is 17.4. The lowest BCUT2D eigenvalue weighted by Gasteiger charge is -2.36. The van der Waals surface area contributed by atoms with Crippen LogP contribution in [0.1, 0.15) is 15.9 Å². The normalized spacial score (nSPS) is 14.0. The molecule has 0 aromatic heterocycles. The highest BCUT2D eigenvalue weighted by molar-refractivity contribution is 6.31. The number of aryl methyl sites for hydroxylation is 1. The number of hydrogen-bond donors (Lipinski definition) is 0. The number of nitrogens with zero attached hydrogens (tertiary/aromatic N) is 2. The Morgan fingerprint density at radius 2 is 1.54 bits per heavy atom. The number of ether oxygens (including phenoxy) is 3. The van der Waals surface area contributed by atoms with E-state index in [-0.39, 0.29) is 5.91 Å². The van der Waals surface area contributed by atoms with Crippen LogP contribution in [-0.2, 0) is 0 Å². The molecule has 3 rings (SSSR count). The molecular formula is C21H25ClN2O4. The Balaban J connectivity index is 1.74. The van der Waals surface area contributed by atoms with Crippen molar-refractivity contribution in [2.75, 3.05) is 52.4 Å². The fourth-order valence-corrected chi connectivity index (χ4v) is 3.51. The number of carbonyl (C=O) groups excluding carboxylic acids is 1. The quantitative estimate of drug-likeness (QED) is 0.761. The highest BCUT2D eigenvalue weighted by Crippen LogP contribution is 2.38. The third kappa shape index (κ3) is 3.97. The Bertz CT molecular complexity index is 838. The summed E-state index contributed by atoms with van der Waals surface area (Å²) in [5.41, 5.74) is 2.65. The van der Waals surface area contributed by atoms with Crippen LogP contribution in [0.4, 0.5) is 5.69 Å². The minimum absolute atomic E-state index is 0.0548. The SMILES string of the molecule is COc1cc(C(=O)N2CCN(c3ccc(C)c(Cl)c3)CC2)cc(OC)c1OC. The monoisotopic (exact) mass is 404 g/mol. The largest absolute Gasteiger partial charge is 0.493 e. The Kier molecular flexibility index (Phi) is 6.19. The number of rotatable bonds is 5. The molecule has 0 bridgehead atoms. The number of carbonyl (C=O) groups is 1. The van der Waals surface area contributed by atoms with Gasteiger partial charge in [-0.15, -0.1) is 0 Å². The lowest BCUT2D eigenvalue weighted by Crippen LogP contribution is -2.48. The second-order valence-corrected chi connectivity index (χ2v) is 7.03. The molecule has 150 valence electrons. The van der Waals surface area contributed by atoms with Gasteiger partial charge in [-0.05, 0) is 36.8 Å². The number of halogens is 1. The molecule has 1 aliphatic heterocycles. The number of anilines is 1. The number of methoxy groups -OCH3 is 3. The third-order valence-corrected chi connectivity index (χ3v) is 5.41. The van der Waals surface area contributed by atoms with Gasteiger partial charge in [0.05, 0.1) is 21.3 Å². The van der Waals surface area contributed by atoms with Crippen molar-refractivity contribution in [2.24, 2.45) is 0 Å². The second kappa shape index (κ2) is 8.61. The van der Waals surface area contributed by atoms with E-state index in [9.17, 15) is 4.79 Å². The summed E-state index contributed by atoms with van der Waals surface area (Å²) in [7, 11) is 4.62. The van der Waals surface area contributed by atoms with Crippen molar-refractivity contribution in [1.82, 2.24) is 4.90 Å². The van der Waals surface area contributed by atoms with Gasteiger partial charge in [-0.25, -0.2) is 0 Å². The van der Waals surface area contributed by atoms with E-state index in [0.29, 0.717) is 35.9 Å². The summed E-state index contributed by atoms with van der Waals surface area (Å²) in [4.78, 5) is 17.1. The van der Waals surface area contributed by atoms with E-state index in [1.165, 1.54) is 14.2 Å². The lowest BCUT2D eigenvalue weighted by atomic mass is 10.1. The molecule has 0 radical (unpaired) electrons. The minimum Gasteiger partial charge on any atom is -0.493 e. The molecule has 2 aromatic rings. The van der Waals surface area contributed by atoms with E-state index in [0.717, 1.165) is 29.4 Å². The first-order valence-electron chi connectivity index (χ1n) is 9.09. The summed E-state index contributed by atoms with van der Waals surface area (Å²) in [5.74, 6) is 1.36. The molecule has 1 heterocycles. The summed E-state index contributed by atoms with van der Waals surface area (Å²) >= 11 is 6.25. The molecule has 7 heteroatoms. The summed E-state index contributed by atoms with van der Waals surface area (Å²) in [6, 6.07) is 9.45. The van der Waals surface area contributed by atoms with Crippen molar-refractivity contribution in [1.29, 1.82) is 0 Å². The maximum atomic E-state index is 13.0. The summed E-state index contributed by atoms with van der Waals surface area (Å²) in [6.45, 7) is 4.73. The average Bonchev–Trinajstić information content (AvgIpc) is 2.74. The van der Waals surface area contributed by atoms with Gasteiger partial charge >= 0.3 is 0 Å². The van der Waals surface area contributed by atoms with Gasteiger partial charge in [0.1, 0.15) is 0 Å². The second-order valence-electron chi connectivity index (χ2n) is 6.63. The smallest absolute Gasteiger partial charge is 0.254 e. The van der Waals surface area contributed by atoms with Gasteiger partial charge in [-0.2, -0.15) is 0 Å². The summed E-state index contributed by atoms with van der Waals surface area (Å²) < 4.78 is 16.0. The van der Waals surface area contributed by atoms with E-state index in [2.05, 4.69) is 11.0 Å². The zero-order valence-electron chi connectivity index (χ0n) is 16.6. The van der Waals surface area contributed by atoms with E-state index in [1.54, 1.807) is 19.2 Å². The maximum absolute atomic E-state index is 13.0. The Morgan fingerprint density at radius 1 is 0.929 bits per heavy atom. The van der Waals surface area contributed by atoms with Crippen molar-refractivity contribution in [3.8, 4) is 17.2 Å². The number of benzene rings is 2. The first-order chi connectivity index (χ1) is 13.5. The van der Waals surface area contributed by atoms with Crippen LogP contribution < -0.4 is 19.1 Å². The average molecular weight is 405 g/mol. The molecule has 1 aliphatic rings. The van der Waals surface area contributed by atoms with Crippen LogP contribution in [0.2, 0.25) is 5.02 Å². The zero-order chi connectivity index (χ0) is 20.3. The van der Waals surface area contributed by atoms with Crippen LogP contribution in [-0.4, -0.2) is 58.3 Å². The Morgan fingerprint density at radius 3 is 2.04 bits per heavy atom. The molecule has 0 unspecified atom stereocenters. The standard InChI is InChI=1S/C21H25ClN2O4/c1-14-5-6-16(13-17(14)22)23-7-9-24(10-8-23)21(25)15-11-18(26-2)20(28-4)19(12-15)27-3/h5-6,11-13H,7-10H2,1-4H3. The summed E-state index contributed by atoms with van der Waals surface area (Å²) in [6.07, 6.45) is 0. The number of hydrogen-bond acceptors (Lipinski definition) is 5. The highest BCUT2D eigenvalue weighted by atomic mass is 35.5. The van der Waals surface area contributed by atoms with Crippen LogP contribution in [0.15, 0.2) is 30.3 Å². The van der Waals surface area contributed by atoms with Gasteiger partial charge in [0.25, 0.3) is 5.91 Å². The fourth-order valence-electron chi connectivity index (χ4n) is 3.33. The lowest BCUT2D eigenvalue weighted by molar-refractivity contribution is 0.0746. The molecule has 0 spiro atoms. The Labute approximate surface area is 170 Å². The topological polar surface area (TPSA) is 51.2 Å². The number of piperazine rings is 1. The molecule has 2 aromatic carbocycles. The van der Waals surface area contributed by atoms with Gasteiger partial charge in [-0.3, -0.25) is 4.79 Å². The van der Waals surface area contributed by atoms with E-state index in [1.807, 2.05) is 24.0 Å². The molecule has 6 nitrogen and oxygen atoms in total. The molecular weight excluding hydrogens is 380 g/mol. The van der Waals surface area contributed by atoms with Gasteiger partial charge in [-0.1, -0.05) is 17.7 Å². The van der Waals surface area contributed by atoms with Gasteiger partial charge in [0, 0.05) is 42.5 Å². The predicted octanol–water partition coefficient (Wildman–Crippen LogP) is 3.64. The Hall–Kier alpha value is -2.60. The van der Waals surface area contributed by atoms with Crippen molar-refractivity contribution in [3.05, 3.63) is 46.5 Å². The van der Waals surface area contributed by atoms with Crippen LogP contribution in [0.25, 0.3) is 0 Å². The maximum Gasteiger partial charge on any atom is 0.254 e. The van der Waals surface area contributed by atoms with E-state index in [4.69, 9.17) is 25.8 Å². The van der Waals surface area contributed by atoms with Crippen molar-refractivity contribution >= 4 is 23.2 Å². The van der Waals surface area contributed by atoms with Crippen LogP contribution >= 0.6 is 11.6 Å². The van der Waals surface area contributed by atoms with Crippen molar-refractivity contribution in [2.45, 2.75) is 6.92 Å². The first kappa shape index (κ1) is 20.1. The predicted molar refractivity (Wildman–Crippen MR) is 110 cm³/mol. The van der Waals surface area contributed by atoms with Crippen LogP contribution in [0.5, 0.6) is 17.2 Å². The molecule has 1 saturated heterocycles. The molecule has 1 fully saturated rings. The molecule has 0 N–H and O–H groups in total. The molecule has 0 atom stereocenters. The number of amides is 1. The minimum atomic E-state index is -0.0548. The van der Waals surface area contributed by atoms with Gasteiger partial charge in [0.15, 0.2) is 11.5 Å². The van der Waals surface area contributed by atoms with Crippen LogP contribution in [0, 0.1) is 6.92 Å².